The van der Waals surface area contributed by atoms with Crippen LogP contribution in [0.1, 0.15) is 111 Å². The van der Waals surface area contributed by atoms with Crippen LogP contribution < -0.4 is 0 Å². The Kier molecular flexibility index (Phi) is 16.7. The normalized spacial score (nSPS) is 10.9. The maximum absolute atomic E-state index is 2.28. The van der Waals surface area contributed by atoms with E-state index in [1.807, 2.05) is 0 Å². The van der Waals surface area contributed by atoms with Gasteiger partial charge in [0.1, 0.15) is 0 Å². The van der Waals surface area contributed by atoms with Crippen LogP contribution in [0.2, 0.25) is 0 Å². The molecule has 0 nitrogen and oxygen atoms in total. The predicted molar refractivity (Wildman–Crippen MR) is 314 cm³/mol. The summed E-state index contributed by atoms with van der Waals surface area (Å²) < 4.78 is 0. The van der Waals surface area contributed by atoms with Gasteiger partial charge in [0.25, 0.3) is 0 Å². The van der Waals surface area contributed by atoms with Crippen LogP contribution in [0.5, 0.6) is 0 Å². The summed E-state index contributed by atoms with van der Waals surface area (Å²) in [5.74, 6) is 0. The zero-order valence-electron chi connectivity index (χ0n) is 46.5. The first-order chi connectivity index (χ1) is 33.0. The van der Waals surface area contributed by atoms with Crippen LogP contribution in [0.25, 0.3) is 53.9 Å². The molecule has 0 aliphatic carbocycles. The topological polar surface area (TPSA) is 0 Å². The summed E-state index contributed by atoms with van der Waals surface area (Å²) in [4.78, 5) is 0. The third-order valence-corrected chi connectivity index (χ3v) is 15.5. The van der Waals surface area contributed by atoms with E-state index in [9.17, 15) is 0 Å². The van der Waals surface area contributed by atoms with Crippen molar-refractivity contribution in [3.63, 3.8) is 0 Å². The van der Waals surface area contributed by atoms with Gasteiger partial charge < -0.3 is 0 Å². The van der Waals surface area contributed by atoms with Gasteiger partial charge in [0.05, 0.1) is 0 Å². The Hall–Kier alpha value is -6.50. The number of hydrogen-bond donors (Lipinski definition) is 0. The molecule has 0 fully saturated rings. The fourth-order valence-corrected chi connectivity index (χ4v) is 10.7. The Bertz CT molecular complexity index is 3460. The molecule has 0 aliphatic heterocycles. The highest BCUT2D eigenvalue weighted by atomic mass is 14.2. The van der Waals surface area contributed by atoms with Gasteiger partial charge in [-0.1, -0.05) is 132 Å². The van der Waals surface area contributed by atoms with Gasteiger partial charge in [-0.05, 0) is 292 Å². The van der Waals surface area contributed by atoms with E-state index in [1.54, 1.807) is 0 Å². The van der Waals surface area contributed by atoms with E-state index in [-0.39, 0.29) is 0 Å². The molecule has 0 spiro atoms. The standard InChI is InChI=1S/C18H18.3C14H16.C10H14/c1-11-7-5-9-15-13(3)16-10-6-8-12(2)18(16)14(4)17(11)15;1-9-5-6-14-12(4)11(3)10(2)8-13(14)7-9;1-9-7-8-13-10(2)5-6-11(3)14(13)12(9)4;1-9-6-5-7-13-11(3)8-10(2)12(4)14(9)13;1-7-5-8(2)10(4)9(3)6-7/h5-10H,1-4H3;3*5-8H,1-4H3;5-6H,1-4H3. The van der Waals surface area contributed by atoms with Crippen molar-refractivity contribution in [3.05, 3.63) is 233 Å². The highest BCUT2D eigenvalue weighted by molar-refractivity contribution is 6.07. The molecule has 0 heteroatoms. The van der Waals surface area contributed by atoms with E-state index in [4.69, 9.17) is 0 Å². The average molecular weight is 921 g/mol. The van der Waals surface area contributed by atoms with Crippen LogP contribution in [0.15, 0.2) is 121 Å². The lowest BCUT2D eigenvalue weighted by Crippen LogP contribution is -1.92. The van der Waals surface area contributed by atoms with E-state index < -0.39 is 0 Å². The Morgan fingerprint density at radius 1 is 0.186 bits per heavy atom. The minimum Gasteiger partial charge on any atom is -0.0614 e. The summed E-state index contributed by atoms with van der Waals surface area (Å²) in [7, 11) is 0. The molecular weight excluding hydrogens is 841 g/mol. The van der Waals surface area contributed by atoms with Crippen molar-refractivity contribution in [2.24, 2.45) is 0 Å². The molecule has 0 saturated carbocycles. The van der Waals surface area contributed by atoms with Gasteiger partial charge in [0, 0.05) is 0 Å². The van der Waals surface area contributed by atoms with Crippen molar-refractivity contribution in [1.29, 1.82) is 0 Å². The van der Waals surface area contributed by atoms with Crippen LogP contribution in [0.3, 0.4) is 0 Å². The number of fused-ring (bicyclic) bond motifs is 5. The molecule has 0 N–H and O–H groups in total. The highest BCUT2D eigenvalue weighted by Crippen LogP contribution is 2.35. The fourth-order valence-electron chi connectivity index (χ4n) is 10.7. The Morgan fingerprint density at radius 2 is 0.586 bits per heavy atom. The predicted octanol–water partition coefficient (Wildman–Crippen LogP) is 20.4. The SMILES string of the molecule is Cc1c2cccc(C)c2c(C)c2c(C)cccc12.Cc1cc(C)c(C)c(C)c1.Cc1cc(C)c2cccc(C)c2c1C.Cc1ccc2c(C)c(C)c(C)cc2c1.Cc1ccc2c(C)ccc(C)c2c1C. The van der Waals surface area contributed by atoms with Gasteiger partial charge in [-0.15, -0.1) is 0 Å². The summed E-state index contributed by atoms with van der Waals surface area (Å²) >= 11 is 0. The molecule has 0 aliphatic rings. The Labute approximate surface area is 422 Å². The van der Waals surface area contributed by atoms with Crippen LogP contribution in [0, 0.1) is 138 Å². The lowest BCUT2D eigenvalue weighted by atomic mass is 9.89. The Balaban J connectivity index is 0.000000145. The first kappa shape index (κ1) is 52.9. The average Bonchev–Trinajstić information content (AvgIpc) is 3.31. The van der Waals surface area contributed by atoms with Crippen molar-refractivity contribution in [2.75, 3.05) is 0 Å². The van der Waals surface area contributed by atoms with Crippen molar-refractivity contribution < 1.29 is 0 Å². The minimum atomic E-state index is 1.33. The monoisotopic (exact) mass is 921 g/mol. The first-order valence-corrected chi connectivity index (χ1v) is 25.4. The van der Waals surface area contributed by atoms with E-state index in [0.29, 0.717) is 0 Å². The lowest BCUT2D eigenvalue weighted by Gasteiger charge is -2.15. The van der Waals surface area contributed by atoms with Crippen LogP contribution >= 0.6 is 0 Å². The van der Waals surface area contributed by atoms with Crippen LogP contribution in [-0.4, -0.2) is 0 Å². The van der Waals surface area contributed by atoms with E-state index in [1.165, 1.54) is 165 Å². The number of hydrogen-bond acceptors (Lipinski definition) is 0. The van der Waals surface area contributed by atoms with Gasteiger partial charge in [0.2, 0.25) is 0 Å². The lowest BCUT2D eigenvalue weighted by molar-refractivity contribution is 1.23. The molecular formula is C70H80. The third-order valence-electron chi connectivity index (χ3n) is 15.5. The molecule has 0 saturated heterocycles. The molecule has 70 heavy (non-hydrogen) atoms. The van der Waals surface area contributed by atoms with E-state index in [0.717, 1.165) is 0 Å². The second-order valence-corrected chi connectivity index (χ2v) is 20.7. The maximum Gasteiger partial charge on any atom is -0.0116 e. The molecule has 0 aromatic heterocycles. The molecule has 0 amide bonds. The summed E-state index contributed by atoms with van der Waals surface area (Å²) in [6.07, 6.45) is 0. The molecule has 0 bridgehead atoms. The van der Waals surface area contributed by atoms with Crippen molar-refractivity contribution in [3.8, 4) is 0 Å². The summed E-state index contributed by atoms with van der Waals surface area (Å²) in [6, 6.07) is 44.3. The van der Waals surface area contributed by atoms with Gasteiger partial charge in [-0.25, -0.2) is 0 Å². The van der Waals surface area contributed by atoms with Crippen molar-refractivity contribution in [2.45, 2.75) is 138 Å². The molecule has 360 valence electrons. The quantitative estimate of drug-likeness (QED) is 0.133. The smallest absolute Gasteiger partial charge is 0.0116 e. The largest absolute Gasteiger partial charge is 0.0614 e. The zero-order chi connectivity index (χ0) is 51.5. The molecule has 10 aromatic carbocycles. The maximum atomic E-state index is 2.28. The highest BCUT2D eigenvalue weighted by Gasteiger charge is 2.12. The molecule has 0 unspecified atom stereocenters. The molecule has 10 aromatic rings. The van der Waals surface area contributed by atoms with Crippen molar-refractivity contribution in [1.82, 2.24) is 0 Å². The van der Waals surface area contributed by atoms with Crippen molar-refractivity contribution >= 4 is 53.9 Å². The zero-order valence-corrected chi connectivity index (χ0v) is 46.5. The van der Waals surface area contributed by atoms with Gasteiger partial charge >= 0.3 is 0 Å². The minimum absolute atomic E-state index is 1.33. The number of rotatable bonds is 0. The molecule has 10 rings (SSSR count). The second kappa shape index (κ2) is 22.1. The third kappa shape index (κ3) is 11.1. The molecule has 0 atom stereocenters. The summed E-state index contributed by atoms with van der Waals surface area (Å²) in [5.41, 5.74) is 27.8. The summed E-state index contributed by atoms with van der Waals surface area (Å²) in [6.45, 7) is 43.8. The van der Waals surface area contributed by atoms with Crippen LogP contribution in [0.4, 0.5) is 0 Å². The van der Waals surface area contributed by atoms with Gasteiger partial charge in [0.15, 0.2) is 0 Å². The van der Waals surface area contributed by atoms with E-state index in [2.05, 4.69) is 260 Å². The van der Waals surface area contributed by atoms with E-state index >= 15 is 0 Å². The molecule has 0 heterocycles. The number of benzene rings is 10. The Morgan fingerprint density at radius 3 is 1.13 bits per heavy atom. The fraction of sp³-hybridized carbons (Fsp3) is 0.286. The van der Waals surface area contributed by atoms with Crippen LogP contribution in [-0.2, 0) is 0 Å². The van der Waals surface area contributed by atoms with Gasteiger partial charge in [-0.3, -0.25) is 0 Å². The second-order valence-electron chi connectivity index (χ2n) is 20.7. The first-order valence-electron chi connectivity index (χ1n) is 25.4. The molecule has 0 radical (unpaired) electrons. The summed E-state index contributed by atoms with van der Waals surface area (Å²) in [5, 5.41) is 14.1. The number of aryl methyl sites for hydroxylation is 18. The van der Waals surface area contributed by atoms with Gasteiger partial charge in [-0.2, -0.15) is 0 Å².